The van der Waals surface area contributed by atoms with Crippen LogP contribution in [0.15, 0.2) is 72.9 Å². The summed E-state index contributed by atoms with van der Waals surface area (Å²) in [5, 5.41) is 23.6. The number of esters is 1. The van der Waals surface area contributed by atoms with Gasteiger partial charge >= 0.3 is 5.97 Å². The zero-order chi connectivity index (χ0) is 40.3. The molecule has 316 valence electrons. The van der Waals surface area contributed by atoms with Crippen LogP contribution in [0.5, 0.6) is 0 Å². The van der Waals surface area contributed by atoms with Crippen LogP contribution >= 0.6 is 0 Å². The largest absolute Gasteiger partial charge is 0.458 e. The molecule has 0 heterocycles. The van der Waals surface area contributed by atoms with E-state index in [0.29, 0.717) is 19.3 Å². The normalized spacial score (nSPS) is 14.1. The molecule has 55 heavy (non-hydrogen) atoms. The maximum absolute atomic E-state index is 13.1. The van der Waals surface area contributed by atoms with E-state index in [-0.39, 0.29) is 24.9 Å². The quantitative estimate of drug-likeness (QED) is 0.0250. The Morgan fingerprint density at radius 1 is 0.582 bits per heavy atom. The number of unbranched alkanes of at least 4 members (excludes halogenated alkanes) is 20. The van der Waals surface area contributed by atoms with Crippen molar-refractivity contribution in [2.24, 2.45) is 0 Å². The summed E-state index contributed by atoms with van der Waals surface area (Å²) in [6, 6.07) is -0.741. The summed E-state index contributed by atoms with van der Waals surface area (Å²) >= 11 is 0. The number of hydrogen-bond acceptors (Lipinski definition) is 5. The van der Waals surface area contributed by atoms with E-state index in [0.717, 1.165) is 57.8 Å². The molecule has 6 nitrogen and oxygen atoms in total. The summed E-state index contributed by atoms with van der Waals surface area (Å²) in [6.45, 7) is 6.26. The van der Waals surface area contributed by atoms with E-state index in [1.54, 1.807) is 6.08 Å². The number of nitrogens with one attached hydrogen (secondary N) is 1. The Hall–Kier alpha value is -2.70. The van der Waals surface area contributed by atoms with Crippen LogP contribution in [0.2, 0.25) is 0 Å². The smallest absolute Gasteiger partial charge is 0.306 e. The number of hydrogen-bond donors (Lipinski definition) is 3. The second kappa shape index (κ2) is 42.4. The first-order valence-corrected chi connectivity index (χ1v) is 22.7. The molecule has 0 saturated carbocycles. The number of carbonyl (C=O) groups excluding carboxylic acids is 2. The van der Waals surface area contributed by atoms with E-state index >= 15 is 0 Å². The van der Waals surface area contributed by atoms with Crippen molar-refractivity contribution in [3.63, 3.8) is 0 Å². The Bertz CT molecular complexity index is 1040. The molecule has 0 aliphatic heterocycles. The molecule has 3 atom stereocenters. The minimum atomic E-state index is -0.818. The number of aliphatic hydroxyl groups excluding tert-OH is 2. The highest BCUT2D eigenvalue weighted by Crippen LogP contribution is 2.15. The van der Waals surface area contributed by atoms with Crippen LogP contribution in [0, 0.1) is 0 Å². The summed E-state index contributed by atoms with van der Waals surface area (Å²) in [5.74, 6) is -0.656. The van der Waals surface area contributed by atoms with Gasteiger partial charge in [0.15, 0.2) is 0 Å². The zero-order valence-electron chi connectivity index (χ0n) is 35.8. The molecule has 0 aliphatic rings. The van der Waals surface area contributed by atoms with Crippen LogP contribution in [-0.2, 0) is 14.3 Å². The Morgan fingerprint density at radius 3 is 1.67 bits per heavy atom. The summed E-state index contributed by atoms with van der Waals surface area (Å²) < 4.78 is 5.77. The lowest BCUT2D eigenvalue weighted by Crippen LogP contribution is -2.46. The Labute approximate surface area is 339 Å². The fourth-order valence-electron chi connectivity index (χ4n) is 6.40. The minimum absolute atomic E-state index is 0.0477. The number of ether oxygens (including phenoxy) is 1. The van der Waals surface area contributed by atoms with Crippen molar-refractivity contribution in [3.8, 4) is 0 Å². The van der Waals surface area contributed by atoms with Crippen LogP contribution in [0.3, 0.4) is 0 Å². The molecule has 3 N–H and O–H groups in total. The van der Waals surface area contributed by atoms with Crippen molar-refractivity contribution in [2.75, 3.05) is 6.61 Å². The Morgan fingerprint density at radius 2 is 1.09 bits per heavy atom. The van der Waals surface area contributed by atoms with Gasteiger partial charge < -0.3 is 20.3 Å². The van der Waals surface area contributed by atoms with Gasteiger partial charge in [-0.05, 0) is 57.4 Å². The lowest BCUT2D eigenvalue weighted by Gasteiger charge is -2.23. The third kappa shape index (κ3) is 38.0. The molecule has 1 amide bonds. The molecule has 3 unspecified atom stereocenters. The minimum Gasteiger partial charge on any atom is -0.458 e. The second-order valence-corrected chi connectivity index (χ2v) is 15.2. The van der Waals surface area contributed by atoms with Crippen molar-refractivity contribution in [1.29, 1.82) is 0 Å². The van der Waals surface area contributed by atoms with Gasteiger partial charge in [-0.1, -0.05) is 203 Å². The average molecular weight is 768 g/mol. The van der Waals surface area contributed by atoms with Crippen LogP contribution in [0.25, 0.3) is 0 Å². The molecule has 0 spiro atoms. The lowest BCUT2D eigenvalue weighted by atomic mass is 10.0. The molecule has 0 fully saturated rings. The predicted octanol–water partition coefficient (Wildman–Crippen LogP) is 13.1. The second-order valence-electron chi connectivity index (χ2n) is 15.2. The highest BCUT2D eigenvalue weighted by Gasteiger charge is 2.23. The van der Waals surface area contributed by atoms with E-state index in [2.05, 4.69) is 50.4 Å². The Kier molecular flexibility index (Phi) is 40.4. The van der Waals surface area contributed by atoms with Crippen molar-refractivity contribution in [1.82, 2.24) is 5.32 Å². The van der Waals surface area contributed by atoms with Gasteiger partial charge in [0, 0.05) is 6.42 Å². The molecule has 0 saturated heterocycles. The van der Waals surface area contributed by atoms with Crippen LogP contribution < -0.4 is 5.32 Å². The van der Waals surface area contributed by atoms with Gasteiger partial charge in [0.25, 0.3) is 0 Å². The fraction of sp³-hybridized carbons (Fsp3) is 0.714. The number of allylic oxidation sites excluding steroid dienone is 11. The highest BCUT2D eigenvalue weighted by atomic mass is 16.5. The third-order valence-electron chi connectivity index (χ3n) is 9.86. The van der Waals surface area contributed by atoms with E-state index in [9.17, 15) is 19.8 Å². The van der Waals surface area contributed by atoms with Crippen molar-refractivity contribution < 1.29 is 24.5 Å². The monoisotopic (exact) mass is 768 g/mol. The molecule has 0 radical (unpaired) electrons. The molecule has 0 rings (SSSR count). The standard InChI is InChI=1S/C49H85NO5/c1-4-7-10-13-16-19-22-24-27-30-33-36-39-42-49(54)55-45(40-37-34-31-28-25-21-18-15-12-9-6-3)43-48(53)50-46(44-51)47(52)41-38-35-32-29-26-23-20-17-14-11-8-5-2/h7,10,13,16,19,22,24,27-28,31,37,40,45-47,51-52H,4-6,8-9,11-12,14-15,17-18,20-21,23,25-26,29-30,32-36,38-39,41-44H2,1-3H3,(H,50,53)/b10-7+,16-13+,22-19-,27-24-,31-28-,40-37+. The topological polar surface area (TPSA) is 95.9 Å². The predicted molar refractivity (Wildman–Crippen MR) is 236 cm³/mol. The summed E-state index contributed by atoms with van der Waals surface area (Å²) in [7, 11) is 0. The average Bonchev–Trinajstić information content (AvgIpc) is 3.18. The first-order chi connectivity index (χ1) is 27.0. The highest BCUT2D eigenvalue weighted by molar-refractivity contribution is 5.78. The van der Waals surface area contributed by atoms with Gasteiger partial charge in [0.1, 0.15) is 6.10 Å². The maximum atomic E-state index is 13.1. The SMILES string of the molecule is CC/C=C/C=C/C=C\C=C/CCCCCC(=O)OC(/C=C/C/C=C\CCCCCCCC)CC(=O)NC(CO)C(O)CCCCCCCCCCCCCC. The molecule has 0 aromatic heterocycles. The third-order valence-corrected chi connectivity index (χ3v) is 9.86. The van der Waals surface area contributed by atoms with Gasteiger partial charge in [0.2, 0.25) is 5.91 Å². The molecule has 6 heteroatoms. The van der Waals surface area contributed by atoms with Crippen LogP contribution in [0.4, 0.5) is 0 Å². The van der Waals surface area contributed by atoms with Crippen LogP contribution in [-0.4, -0.2) is 46.9 Å². The fourth-order valence-corrected chi connectivity index (χ4v) is 6.40. The number of amides is 1. The van der Waals surface area contributed by atoms with Gasteiger partial charge in [-0.2, -0.15) is 0 Å². The lowest BCUT2D eigenvalue weighted by molar-refractivity contribution is -0.148. The van der Waals surface area contributed by atoms with Crippen molar-refractivity contribution in [2.45, 2.75) is 219 Å². The Balaban J connectivity index is 4.75. The summed E-state index contributed by atoms with van der Waals surface area (Å²) in [4.78, 5) is 25.9. The summed E-state index contributed by atoms with van der Waals surface area (Å²) in [5.41, 5.74) is 0. The van der Waals surface area contributed by atoms with Crippen LogP contribution in [0.1, 0.15) is 201 Å². The first kappa shape index (κ1) is 52.3. The molecule has 0 bridgehead atoms. The number of carbonyl (C=O) groups is 2. The van der Waals surface area contributed by atoms with Gasteiger partial charge in [-0.25, -0.2) is 0 Å². The number of rotatable bonds is 39. The van der Waals surface area contributed by atoms with E-state index < -0.39 is 18.2 Å². The van der Waals surface area contributed by atoms with E-state index in [1.807, 2.05) is 42.5 Å². The number of aliphatic hydroxyl groups is 2. The molecule has 0 aliphatic carbocycles. The van der Waals surface area contributed by atoms with E-state index in [4.69, 9.17) is 4.74 Å². The summed E-state index contributed by atoms with van der Waals surface area (Å²) in [6.07, 6.45) is 52.7. The first-order valence-electron chi connectivity index (χ1n) is 22.7. The maximum Gasteiger partial charge on any atom is 0.306 e. The molecule has 0 aromatic carbocycles. The van der Waals surface area contributed by atoms with E-state index in [1.165, 1.54) is 96.3 Å². The van der Waals surface area contributed by atoms with Gasteiger partial charge in [-0.3, -0.25) is 9.59 Å². The van der Waals surface area contributed by atoms with Gasteiger partial charge in [0.05, 0.1) is 25.2 Å². The molecule has 0 aromatic rings. The van der Waals surface area contributed by atoms with Crippen molar-refractivity contribution >= 4 is 11.9 Å². The van der Waals surface area contributed by atoms with Gasteiger partial charge in [-0.15, -0.1) is 0 Å². The molecular weight excluding hydrogens is 683 g/mol. The molecular formula is C49H85NO5. The van der Waals surface area contributed by atoms with Crippen molar-refractivity contribution in [3.05, 3.63) is 72.9 Å². The zero-order valence-corrected chi connectivity index (χ0v) is 35.8.